The number of hydrogen-bond acceptors (Lipinski definition) is 3. The van der Waals surface area contributed by atoms with Crippen molar-refractivity contribution in [3.8, 4) is 5.75 Å². The van der Waals surface area contributed by atoms with Crippen molar-refractivity contribution in [2.45, 2.75) is 25.8 Å². The lowest BCUT2D eigenvalue weighted by molar-refractivity contribution is -0.119. The molecule has 0 spiro atoms. The Labute approximate surface area is 189 Å². The number of ether oxygens (including phenoxy) is 1. The summed E-state index contributed by atoms with van der Waals surface area (Å²) in [6.07, 6.45) is 1.13. The minimum Gasteiger partial charge on any atom is -0.484 e. The summed E-state index contributed by atoms with van der Waals surface area (Å²) in [6.45, 7) is 5.29. The van der Waals surface area contributed by atoms with E-state index in [0.717, 1.165) is 37.6 Å². The van der Waals surface area contributed by atoms with Gasteiger partial charge in [0.25, 0.3) is 5.91 Å². The number of benzene rings is 2. The number of primary amides is 1. The molecule has 1 aliphatic rings. The molecule has 6 nitrogen and oxygen atoms in total. The van der Waals surface area contributed by atoms with Gasteiger partial charge in [-0.25, -0.2) is 4.99 Å². The van der Waals surface area contributed by atoms with Gasteiger partial charge < -0.3 is 20.7 Å². The zero-order valence-corrected chi connectivity index (χ0v) is 19.0. The molecule has 7 heteroatoms. The third-order valence-electron chi connectivity index (χ3n) is 4.78. The molecule has 1 fully saturated rings. The van der Waals surface area contributed by atoms with Crippen LogP contribution in [-0.2, 0) is 11.3 Å². The van der Waals surface area contributed by atoms with Crippen LogP contribution >= 0.6 is 24.0 Å². The molecule has 156 valence electrons. The number of carbonyl (C=O) groups is 1. The van der Waals surface area contributed by atoms with Crippen molar-refractivity contribution in [2.75, 3.05) is 26.2 Å². The highest BCUT2D eigenvalue weighted by Gasteiger charge is 2.25. The zero-order valence-electron chi connectivity index (χ0n) is 16.7. The van der Waals surface area contributed by atoms with E-state index in [1.54, 1.807) is 0 Å². The van der Waals surface area contributed by atoms with E-state index in [9.17, 15) is 4.79 Å². The Bertz CT molecular complexity index is 813. The van der Waals surface area contributed by atoms with Crippen LogP contribution in [0.1, 0.15) is 30.4 Å². The number of carbonyl (C=O) groups excluding carboxylic acids is 1. The van der Waals surface area contributed by atoms with Gasteiger partial charge in [-0.3, -0.25) is 4.79 Å². The van der Waals surface area contributed by atoms with Gasteiger partial charge in [-0.2, -0.15) is 0 Å². The summed E-state index contributed by atoms with van der Waals surface area (Å²) in [6, 6.07) is 18.3. The van der Waals surface area contributed by atoms with Crippen molar-refractivity contribution in [1.82, 2.24) is 10.2 Å². The number of aliphatic imine (C=N–C) groups is 1. The molecule has 0 aliphatic carbocycles. The normalized spacial score (nSPS) is 16.2. The van der Waals surface area contributed by atoms with Gasteiger partial charge in [-0.05, 0) is 36.6 Å². The topological polar surface area (TPSA) is 80.0 Å². The predicted octanol–water partition coefficient (Wildman–Crippen LogP) is 3.12. The highest BCUT2D eigenvalue weighted by atomic mass is 127. The summed E-state index contributed by atoms with van der Waals surface area (Å²) in [5.41, 5.74) is 7.55. The fourth-order valence-electron chi connectivity index (χ4n) is 3.43. The van der Waals surface area contributed by atoms with Gasteiger partial charge in [0.1, 0.15) is 5.75 Å². The van der Waals surface area contributed by atoms with Crippen LogP contribution in [0.3, 0.4) is 0 Å². The van der Waals surface area contributed by atoms with Crippen LogP contribution in [0.4, 0.5) is 0 Å². The lowest BCUT2D eigenvalue weighted by Crippen LogP contribution is -2.40. The highest BCUT2D eigenvalue weighted by molar-refractivity contribution is 14.0. The van der Waals surface area contributed by atoms with Crippen molar-refractivity contribution >= 4 is 35.8 Å². The van der Waals surface area contributed by atoms with Crippen LogP contribution in [0.15, 0.2) is 59.6 Å². The van der Waals surface area contributed by atoms with E-state index in [4.69, 9.17) is 15.5 Å². The van der Waals surface area contributed by atoms with E-state index in [1.807, 2.05) is 24.3 Å². The molecular weight excluding hydrogens is 479 g/mol. The third-order valence-corrected chi connectivity index (χ3v) is 4.78. The molecule has 2 aromatic carbocycles. The number of nitrogens with zero attached hydrogens (tertiary/aromatic N) is 2. The van der Waals surface area contributed by atoms with Crippen LogP contribution < -0.4 is 15.8 Å². The minimum atomic E-state index is -0.486. The SMILES string of the molecule is CCNC(=NCc1cccc(OCC(N)=O)c1)N1CCC(c2ccccc2)C1.I. The van der Waals surface area contributed by atoms with Gasteiger partial charge in [0.15, 0.2) is 12.6 Å². The fraction of sp³-hybridized carbons (Fsp3) is 0.364. The van der Waals surface area contributed by atoms with Gasteiger partial charge >= 0.3 is 0 Å². The molecule has 1 atom stereocenters. The standard InChI is InChI=1S/C22H28N4O2.HI/c1-2-24-22(26-12-11-19(15-26)18-8-4-3-5-9-18)25-14-17-7-6-10-20(13-17)28-16-21(23)27;/h3-10,13,19H,2,11-12,14-16H2,1H3,(H2,23,27)(H,24,25);1H. The maximum absolute atomic E-state index is 10.9. The molecule has 1 heterocycles. The first-order valence-corrected chi connectivity index (χ1v) is 9.74. The van der Waals surface area contributed by atoms with Crippen molar-refractivity contribution < 1.29 is 9.53 Å². The molecule has 3 N–H and O–H groups in total. The Kier molecular flexibility index (Phi) is 9.24. The smallest absolute Gasteiger partial charge is 0.255 e. The highest BCUT2D eigenvalue weighted by Crippen LogP contribution is 2.27. The molecule has 3 rings (SSSR count). The van der Waals surface area contributed by atoms with Gasteiger partial charge in [0.05, 0.1) is 6.54 Å². The average molecular weight is 508 g/mol. The molecule has 0 bridgehead atoms. The van der Waals surface area contributed by atoms with Gasteiger partial charge in [-0.1, -0.05) is 42.5 Å². The van der Waals surface area contributed by atoms with Crippen LogP contribution in [0.25, 0.3) is 0 Å². The number of guanidine groups is 1. The Hall–Kier alpha value is -2.29. The van der Waals surface area contributed by atoms with Crippen molar-refractivity contribution in [3.05, 3.63) is 65.7 Å². The number of rotatable bonds is 7. The second kappa shape index (κ2) is 11.6. The molecule has 1 unspecified atom stereocenters. The van der Waals surface area contributed by atoms with E-state index in [0.29, 0.717) is 18.2 Å². The van der Waals surface area contributed by atoms with Crippen molar-refractivity contribution in [1.29, 1.82) is 0 Å². The maximum Gasteiger partial charge on any atom is 0.255 e. The third kappa shape index (κ3) is 6.92. The first kappa shape index (κ1) is 23.0. The number of hydrogen-bond donors (Lipinski definition) is 2. The summed E-state index contributed by atoms with van der Waals surface area (Å²) in [5.74, 6) is 1.61. The fourth-order valence-corrected chi connectivity index (χ4v) is 3.43. The van der Waals surface area contributed by atoms with Crippen LogP contribution in [0.2, 0.25) is 0 Å². The molecular formula is C22H29IN4O2. The van der Waals surface area contributed by atoms with E-state index in [1.165, 1.54) is 5.56 Å². The molecule has 1 saturated heterocycles. The molecule has 29 heavy (non-hydrogen) atoms. The lowest BCUT2D eigenvalue weighted by Gasteiger charge is -2.22. The molecule has 1 amide bonds. The van der Waals surface area contributed by atoms with E-state index < -0.39 is 5.91 Å². The molecule has 1 aliphatic heterocycles. The summed E-state index contributed by atoms with van der Waals surface area (Å²) in [5, 5.41) is 3.41. The number of halogens is 1. The number of likely N-dealkylation sites (tertiary alicyclic amines) is 1. The number of nitrogens with one attached hydrogen (secondary N) is 1. The van der Waals surface area contributed by atoms with E-state index in [-0.39, 0.29) is 30.6 Å². The summed E-state index contributed by atoms with van der Waals surface area (Å²) < 4.78 is 5.38. The number of nitrogens with two attached hydrogens (primary N) is 1. The van der Waals surface area contributed by atoms with Gasteiger partial charge in [-0.15, -0.1) is 24.0 Å². The van der Waals surface area contributed by atoms with Crippen LogP contribution in [-0.4, -0.2) is 43.0 Å². The van der Waals surface area contributed by atoms with E-state index >= 15 is 0 Å². The second-order valence-electron chi connectivity index (χ2n) is 6.91. The Morgan fingerprint density at radius 1 is 1.24 bits per heavy atom. The Morgan fingerprint density at radius 3 is 2.76 bits per heavy atom. The summed E-state index contributed by atoms with van der Waals surface area (Å²) in [4.78, 5) is 18.0. The first-order valence-electron chi connectivity index (χ1n) is 9.74. The van der Waals surface area contributed by atoms with Gasteiger partial charge in [0.2, 0.25) is 0 Å². The first-order chi connectivity index (χ1) is 13.7. The van der Waals surface area contributed by atoms with Crippen LogP contribution in [0, 0.1) is 0 Å². The second-order valence-corrected chi connectivity index (χ2v) is 6.91. The zero-order chi connectivity index (χ0) is 19.8. The molecule has 0 aromatic heterocycles. The molecule has 2 aromatic rings. The largest absolute Gasteiger partial charge is 0.484 e. The molecule has 0 saturated carbocycles. The Balaban J connectivity index is 0.00000300. The lowest BCUT2D eigenvalue weighted by atomic mass is 9.99. The van der Waals surface area contributed by atoms with Gasteiger partial charge in [0, 0.05) is 25.6 Å². The Morgan fingerprint density at radius 2 is 2.03 bits per heavy atom. The number of amides is 1. The van der Waals surface area contributed by atoms with Crippen molar-refractivity contribution in [2.24, 2.45) is 10.7 Å². The minimum absolute atomic E-state index is 0. The van der Waals surface area contributed by atoms with Crippen molar-refractivity contribution in [3.63, 3.8) is 0 Å². The summed E-state index contributed by atoms with van der Waals surface area (Å²) >= 11 is 0. The van der Waals surface area contributed by atoms with E-state index in [2.05, 4.69) is 47.5 Å². The maximum atomic E-state index is 10.9. The van der Waals surface area contributed by atoms with Crippen LogP contribution in [0.5, 0.6) is 5.75 Å². The monoisotopic (exact) mass is 508 g/mol. The quantitative estimate of drug-likeness (QED) is 0.342. The summed E-state index contributed by atoms with van der Waals surface area (Å²) in [7, 11) is 0. The predicted molar refractivity (Wildman–Crippen MR) is 127 cm³/mol. The molecule has 0 radical (unpaired) electrons. The average Bonchev–Trinajstić information content (AvgIpc) is 3.21.